The number of ketones is 2. The van der Waals surface area contributed by atoms with E-state index < -0.39 is 128 Å². The van der Waals surface area contributed by atoms with Crippen LogP contribution in [0.3, 0.4) is 0 Å². The number of hydrogen-bond acceptors (Lipinski definition) is 23. The molecule has 1 aliphatic heterocycles. The first-order chi connectivity index (χ1) is 45.8. The number of carbonyl (C=O) groups excluding carboxylic acids is 4. The molecule has 2 heterocycles. The Morgan fingerprint density at radius 3 is 2.11 bits per heavy atom. The summed E-state index contributed by atoms with van der Waals surface area (Å²) in [6, 6.07) is 15.9. The molecule has 42 heteroatoms. The van der Waals surface area contributed by atoms with E-state index in [0.717, 1.165) is 36.1 Å². The topological polar surface area (TPSA) is 559 Å². The van der Waals surface area contributed by atoms with Crippen LogP contribution in [0.1, 0.15) is 99.2 Å². The normalized spacial score (nSPS) is 16.5. The van der Waals surface area contributed by atoms with Crippen LogP contribution in [0, 0.1) is 11.8 Å². The molecule has 0 bridgehead atoms. The fourth-order valence-electron chi connectivity index (χ4n) is 10.0. The van der Waals surface area contributed by atoms with E-state index >= 15 is 0 Å². The van der Waals surface area contributed by atoms with Crippen molar-refractivity contribution in [1.29, 1.82) is 0 Å². The van der Waals surface area contributed by atoms with Gasteiger partial charge >= 0.3 is 29.2 Å². The lowest BCUT2D eigenvalue weighted by molar-refractivity contribution is -0.128. The lowest BCUT2D eigenvalue weighted by Crippen LogP contribution is -2.34. The minimum atomic E-state index is -5.88. The van der Waals surface area contributed by atoms with Crippen molar-refractivity contribution in [2.45, 2.75) is 112 Å². The molecule has 0 radical (unpaired) electrons. The second-order valence-electron chi connectivity index (χ2n) is 21.2. The number of phosphoric ester groups is 1. The number of hydrogen-bond donors (Lipinski definition) is 9. The molecule has 2 amide bonds. The number of nitrogens with one attached hydrogen (secondary N) is 3. The van der Waals surface area contributed by atoms with Crippen LogP contribution in [0.4, 0.5) is 0 Å². The summed E-state index contributed by atoms with van der Waals surface area (Å²) in [7, 11) is -26.7. The van der Waals surface area contributed by atoms with Crippen LogP contribution in [0.5, 0.6) is 11.5 Å². The van der Waals surface area contributed by atoms with Crippen molar-refractivity contribution in [2.75, 3.05) is 46.2 Å². The fourth-order valence-corrected chi connectivity index (χ4v) is 14.5. The van der Waals surface area contributed by atoms with Gasteiger partial charge in [-0.05, 0) is 71.8 Å². The minimum Gasteiger partial charge on any atom is -0.491 e. The Labute approximate surface area is 549 Å². The molecular weight excluding hydrogens is 1390 g/mol. The molecule has 0 aliphatic carbocycles. The second kappa shape index (κ2) is 34.5. The fraction of sp³-hybridized carbons (Fsp3) is 0.418. The maximum absolute atomic E-state index is 13.1. The number of aromatic nitrogens is 2. The monoisotopic (exact) mass is 1450 g/mol. The zero-order chi connectivity index (χ0) is 70.7. The molecule has 1 fully saturated rings. The van der Waals surface area contributed by atoms with Gasteiger partial charge in [0, 0.05) is 81.4 Å². The van der Waals surface area contributed by atoms with Gasteiger partial charge < -0.3 is 53.9 Å². The van der Waals surface area contributed by atoms with Crippen LogP contribution in [0.25, 0.3) is 53.2 Å². The largest absolute Gasteiger partial charge is 0.491 e. The molecule has 7 rings (SSSR count). The van der Waals surface area contributed by atoms with Gasteiger partial charge in [0.1, 0.15) is 64.9 Å². The van der Waals surface area contributed by atoms with Gasteiger partial charge in [0.15, 0.2) is 18.6 Å². The Hall–Kier alpha value is -8.01. The number of ether oxygens (including phenoxy) is 5. The summed E-state index contributed by atoms with van der Waals surface area (Å²) in [6.07, 6.45) is 1.78. The minimum absolute atomic E-state index is 0.0622. The van der Waals surface area contributed by atoms with E-state index in [0.29, 0.717) is 66.7 Å². The third-order valence-corrected chi connectivity index (χ3v) is 19.9. The van der Waals surface area contributed by atoms with Gasteiger partial charge in [-0.25, -0.2) is 18.5 Å². The molecule has 1 aliphatic rings. The Kier molecular flexibility index (Phi) is 27.1. The first kappa shape index (κ1) is 76.4. The highest BCUT2D eigenvalue weighted by molar-refractivity contribution is 7.86. The van der Waals surface area contributed by atoms with Crippen molar-refractivity contribution < 1.29 is 115 Å². The molecule has 97 heavy (non-hydrogen) atoms. The molecular formula is C55H63N10O27P3S2. The van der Waals surface area contributed by atoms with Gasteiger partial charge in [0.05, 0.1) is 19.3 Å². The zero-order valence-corrected chi connectivity index (χ0v) is 55.0. The summed E-state index contributed by atoms with van der Waals surface area (Å²) >= 11 is 0. The molecule has 1 saturated heterocycles. The van der Waals surface area contributed by atoms with E-state index in [4.69, 9.17) is 44.5 Å². The second-order valence-corrected chi connectivity index (χ2v) is 28.4. The molecule has 1 aromatic heterocycles. The standard InChI is InChI=1S/C55H63N10O27P3S2/c56-63-60-33-88-44-27-51(90-45(44)29-89-94(75,76)92-95(77,78)91-93(72,73)74)65-28-36(54(70)61-55(65)71)12-10-24-59-49(69)31-87-50(62-64-57)32-85-38-15-9-11-35(25-38)42(67)16-7-3-1-2-5-13-37(66)14-6-4-8-23-58-48(68)30-86-43-26-47(97(82,83)84)41-21-20-40-46(96(79,80)81)22-18-34-17-19-39(43)53(41)52(34)40/h9,11,15,17-22,25-26,28,44-45,50-51H,1-8,13-14,16,23-24,27,29-33H2,(H,58,68)(H,59,69)(H,75,76)(H,77,78)(H,61,70,71)(H2,72,73,74)(H,79,80,81)(H,82,83,84). The first-order valence-corrected chi connectivity index (χ1v) is 36.4. The van der Waals surface area contributed by atoms with E-state index in [2.05, 4.69) is 55.7 Å². The number of benzene rings is 5. The zero-order valence-electron chi connectivity index (χ0n) is 50.7. The SMILES string of the molecule is [N-]=[N+]=NCOC1CC(n2cc(C#CCNC(=O)COC(COc3cccc(C(=O)CCCCCCCC(=O)CCCCCNC(=O)COc4cc(S(=O)(=O)O)c5ccc6c(S(=O)(=O)O)ccc7ccc4c5c76)c3)N=[N+]=[N-])c(=O)[nH]c2=O)OC1COP(=O)(O)OP(=O)(O)OP(=O)(O)O. The van der Waals surface area contributed by atoms with E-state index in [-0.39, 0.29) is 77.3 Å². The van der Waals surface area contributed by atoms with Crippen LogP contribution >= 0.6 is 23.5 Å². The summed E-state index contributed by atoms with van der Waals surface area (Å²) in [5.41, 5.74) is 15.8. The van der Waals surface area contributed by atoms with E-state index in [1.165, 1.54) is 30.3 Å². The van der Waals surface area contributed by atoms with Gasteiger partial charge in [0.25, 0.3) is 31.7 Å². The molecule has 6 aromatic rings. The number of amides is 2. The van der Waals surface area contributed by atoms with Crippen molar-refractivity contribution in [1.82, 2.24) is 20.2 Å². The van der Waals surface area contributed by atoms with Gasteiger partial charge in [0.2, 0.25) is 5.91 Å². The number of rotatable bonds is 39. The number of H-pyrrole nitrogens is 1. The van der Waals surface area contributed by atoms with Gasteiger partial charge in [-0.15, -0.1) is 0 Å². The lowest BCUT2D eigenvalue weighted by Gasteiger charge is -2.20. The average Bonchev–Trinajstić information content (AvgIpc) is 1.03. The van der Waals surface area contributed by atoms with Gasteiger partial charge in [-0.3, -0.25) is 47.2 Å². The van der Waals surface area contributed by atoms with Crippen LogP contribution in [0.15, 0.2) is 103 Å². The lowest BCUT2D eigenvalue weighted by atomic mass is 9.94. The van der Waals surface area contributed by atoms with Crippen molar-refractivity contribution >= 4 is 99.4 Å². The summed E-state index contributed by atoms with van der Waals surface area (Å²) < 4.78 is 145. The number of unbranched alkanes of at least 4 members (excludes halogenated alkanes) is 6. The summed E-state index contributed by atoms with van der Waals surface area (Å²) in [4.78, 5) is 120. The van der Waals surface area contributed by atoms with E-state index in [1.54, 1.807) is 30.3 Å². The summed E-state index contributed by atoms with van der Waals surface area (Å²) in [5.74, 6) is 3.82. The van der Waals surface area contributed by atoms with Gasteiger partial charge in [-0.1, -0.05) is 84.2 Å². The van der Waals surface area contributed by atoms with Crippen LogP contribution in [0.2, 0.25) is 0 Å². The Balaban J connectivity index is 0.755. The number of phosphoric acid groups is 3. The number of aromatic amines is 1. The molecule has 6 atom stereocenters. The number of Topliss-reactive ketones (excluding diaryl/α,β-unsaturated/α-hetero) is 2. The van der Waals surface area contributed by atoms with Crippen LogP contribution in [-0.2, 0) is 75.7 Å². The Bertz CT molecular complexity index is 4590. The Morgan fingerprint density at radius 2 is 1.42 bits per heavy atom. The summed E-state index contributed by atoms with van der Waals surface area (Å²) in [5, 5.41) is 13.4. The predicted molar refractivity (Wildman–Crippen MR) is 338 cm³/mol. The van der Waals surface area contributed by atoms with Crippen molar-refractivity contribution in [3.8, 4) is 23.3 Å². The van der Waals surface area contributed by atoms with Crippen molar-refractivity contribution in [2.24, 2.45) is 10.2 Å². The first-order valence-electron chi connectivity index (χ1n) is 29.0. The average molecular weight is 1450 g/mol. The molecule has 0 saturated carbocycles. The van der Waals surface area contributed by atoms with Gasteiger partial charge in [-0.2, -0.15) is 25.5 Å². The van der Waals surface area contributed by atoms with Crippen molar-refractivity contribution in [3.05, 3.63) is 126 Å². The molecule has 9 N–H and O–H groups in total. The summed E-state index contributed by atoms with van der Waals surface area (Å²) in [6.45, 7) is -3.31. The highest BCUT2D eigenvalue weighted by atomic mass is 32.2. The van der Waals surface area contributed by atoms with E-state index in [9.17, 15) is 78.2 Å². The maximum Gasteiger partial charge on any atom is 0.490 e. The van der Waals surface area contributed by atoms with Crippen LogP contribution in [-0.4, -0.2) is 143 Å². The molecule has 37 nitrogen and oxygen atoms in total. The third-order valence-electron chi connectivity index (χ3n) is 14.3. The molecule has 522 valence electrons. The number of nitrogens with zero attached hydrogens (tertiary/aromatic N) is 7. The number of azide groups is 2. The molecule has 5 aromatic carbocycles. The van der Waals surface area contributed by atoms with E-state index in [1.807, 2.05) is 4.98 Å². The molecule has 0 spiro atoms. The highest BCUT2D eigenvalue weighted by Gasteiger charge is 2.44. The van der Waals surface area contributed by atoms with Crippen molar-refractivity contribution in [3.63, 3.8) is 0 Å². The van der Waals surface area contributed by atoms with Crippen LogP contribution < -0.4 is 31.4 Å². The third kappa shape index (κ3) is 23.1. The molecule has 6 unspecified atom stereocenters. The quantitative estimate of drug-likeness (QED) is 0.00224. The predicted octanol–water partition coefficient (Wildman–Crippen LogP) is 6.65. The number of carbonyl (C=O) groups is 4. The Morgan fingerprint density at radius 1 is 0.763 bits per heavy atom. The highest BCUT2D eigenvalue weighted by Crippen LogP contribution is 2.66. The maximum atomic E-state index is 13.1. The smallest absolute Gasteiger partial charge is 0.490 e.